The van der Waals surface area contributed by atoms with E-state index >= 15 is 0 Å². The second-order valence-electron chi connectivity index (χ2n) is 7.78. The van der Waals surface area contributed by atoms with Gasteiger partial charge in [0.15, 0.2) is 0 Å². The van der Waals surface area contributed by atoms with Crippen LogP contribution < -0.4 is 15.0 Å². The number of aromatic hydroxyl groups is 1. The van der Waals surface area contributed by atoms with Crippen molar-refractivity contribution in [2.75, 3.05) is 12.0 Å². The molecule has 4 rings (SSSR count). The highest BCUT2D eigenvalue weighted by Crippen LogP contribution is 2.42. The van der Waals surface area contributed by atoms with Gasteiger partial charge >= 0.3 is 0 Å². The van der Waals surface area contributed by atoms with Crippen molar-refractivity contribution in [2.24, 2.45) is 0 Å². The number of methoxy groups -OCH3 is 1. The van der Waals surface area contributed by atoms with Crippen molar-refractivity contribution >= 4 is 18.3 Å². The summed E-state index contributed by atoms with van der Waals surface area (Å²) in [6.45, 7) is 0. The van der Waals surface area contributed by atoms with E-state index in [1.807, 2.05) is 42.5 Å². The fourth-order valence-electron chi connectivity index (χ4n) is 4.30. The molecule has 1 fully saturated rings. The van der Waals surface area contributed by atoms with Gasteiger partial charge < -0.3 is 14.7 Å². The van der Waals surface area contributed by atoms with E-state index in [-0.39, 0.29) is 29.1 Å². The highest BCUT2D eigenvalue weighted by Gasteiger charge is 2.41. The van der Waals surface area contributed by atoms with Gasteiger partial charge in [0.05, 0.1) is 13.2 Å². The van der Waals surface area contributed by atoms with Gasteiger partial charge in [0.25, 0.3) is 0 Å². The molecule has 3 aromatic rings. The molecule has 0 amide bonds. The quantitative estimate of drug-likeness (QED) is 0.438. The molecule has 0 bridgehead atoms. The Hall–Kier alpha value is -2.70. The standard InChI is InChI=1S/C25H27FN2O2S/c1-30-20-14-15-21(23(29)16-20)24-22(9-5-6-17-10-12-18(26)13-11-17)27-25(31)28(24)19-7-3-2-4-8-19/h2-4,7-8,10-16,22,24-25,27,29,31H,5-6,9H2,1H3. The Labute approximate surface area is 188 Å². The van der Waals surface area contributed by atoms with Crippen molar-refractivity contribution in [2.45, 2.75) is 36.8 Å². The Morgan fingerprint density at radius 1 is 1.06 bits per heavy atom. The third-order valence-electron chi connectivity index (χ3n) is 5.81. The van der Waals surface area contributed by atoms with Gasteiger partial charge in [-0.05, 0) is 61.2 Å². The minimum atomic E-state index is -0.215. The molecule has 31 heavy (non-hydrogen) atoms. The molecular formula is C25H27FN2O2S. The lowest BCUT2D eigenvalue weighted by atomic mass is 9.93. The number of halogens is 1. The van der Waals surface area contributed by atoms with Crippen molar-refractivity contribution in [1.29, 1.82) is 0 Å². The Kier molecular flexibility index (Phi) is 6.68. The van der Waals surface area contributed by atoms with Crippen molar-refractivity contribution in [3.63, 3.8) is 0 Å². The number of anilines is 1. The van der Waals surface area contributed by atoms with Crippen molar-refractivity contribution in [1.82, 2.24) is 5.32 Å². The van der Waals surface area contributed by atoms with E-state index < -0.39 is 0 Å². The molecule has 2 N–H and O–H groups in total. The van der Waals surface area contributed by atoms with Crippen LogP contribution in [0.4, 0.5) is 10.1 Å². The van der Waals surface area contributed by atoms with Gasteiger partial charge in [-0.2, -0.15) is 0 Å². The number of phenols is 1. The summed E-state index contributed by atoms with van der Waals surface area (Å²) in [5, 5.41) is 14.4. The lowest BCUT2D eigenvalue weighted by molar-refractivity contribution is 0.402. The van der Waals surface area contributed by atoms with Crippen LogP contribution in [0.25, 0.3) is 0 Å². The fourth-order valence-corrected chi connectivity index (χ4v) is 4.76. The maximum absolute atomic E-state index is 13.2. The number of aryl methyl sites for hydroxylation is 1. The van der Waals surface area contributed by atoms with Gasteiger partial charge in [0.2, 0.25) is 0 Å². The number of hydrogen-bond acceptors (Lipinski definition) is 5. The van der Waals surface area contributed by atoms with Gasteiger partial charge in [-0.15, -0.1) is 12.6 Å². The number of para-hydroxylation sites is 1. The number of benzene rings is 3. The zero-order valence-electron chi connectivity index (χ0n) is 17.4. The van der Waals surface area contributed by atoms with Crippen LogP contribution in [0.5, 0.6) is 11.5 Å². The largest absolute Gasteiger partial charge is 0.507 e. The van der Waals surface area contributed by atoms with Gasteiger partial charge in [0, 0.05) is 23.4 Å². The average molecular weight is 439 g/mol. The van der Waals surface area contributed by atoms with E-state index in [9.17, 15) is 9.50 Å². The molecule has 0 aliphatic carbocycles. The second-order valence-corrected chi connectivity index (χ2v) is 8.27. The SMILES string of the molecule is COc1ccc(C2C(CCCc3ccc(F)cc3)NC(S)N2c2ccccc2)c(O)c1. The van der Waals surface area contributed by atoms with E-state index in [0.717, 1.165) is 36.1 Å². The molecule has 162 valence electrons. The van der Waals surface area contributed by atoms with Gasteiger partial charge in [-0.25, -0.2) is 4.39 Å². The van der Waals surface area contributed by atoms with E-state index in [1.54, 1.807) is 13.2 Å². The minimum Gasteiger partial charge on any atom is -0.507 e. The molecule has 1 aliphatic heterocycles. The van der Waals surface area contributed by atoms with Gasteiger partial charge in [0.1, 0.15) is 22.8 Å². The van der Waals surface area contributed by atoms with Crippen molar-refractivity contribution in [3.05, 3.63) is 89.7 Å². The highest BCUT2D eigenvalue weighted by atomic mass is 32.1. The summed E-state index contributed by atoms with van der Waals surface area (Å²) >= 11 is 4.81. The molecule has 0 saturated carbocycles. The van der Waals surface area contributed by atoms with Crippen molar-refractivity contribution in [3.8, 4) is 11.5 Å². The normalized spacial score (nSPS) is 20.7. The summed E-state index contributed by atoms with van der Waals surface area (Å²) in [5.74, 6) is 0.611. The predicted molar refractivity (Wildman–Crippen MR) is 125 cm³/mol. The summed E-state index contributed by atoms with van der Waals surface area (Å²) < 4.78 is 18.4. The molecule has 1 aliphatic rings. The number of ether oxygens (including phenoxy) is 1. The summed E-state index contributed by atoms with van der Waals surface area (Å²) in [4.78, 5) is 2.20. The van der Waals surface area contributed by atoms with Crippen LogP contribution in [0.3, 0.4) is 0 Å². The summed E-state index contributed by atoms with van der Waals surface area (Å²) in [6, 6.07) is 22.2. The topological polar surface area (TPSA) is 44.7 Å². The van der Waals surface area contributed by atoms with Crippen LogP contribution in [0.1, 0.15) is 30.0 Å². The zero-order valence-corrected chi connectivity index (χ0v) is 18.3. The van der Waals surface area contributed by atoms with Crippen LogP contribution in [0.2, 0.25) is 0 Å². The first-order valence-corrected chi connectivity index (χ1v) is 11.0. The minimum absolute atomic E-state index is 0.0856. The number of nitrogens with one attached hydrogen (secondary N) is 1. The molecule has 0 radical (unpaired) electrons. The monoisotopic (exact) mass is 438 g/mol. The number of rotatable bonds is 7. The Bertz CT molecular complexity index is 1000. The lowest BCUT2D eigenvalue weighted by Gasteiger charge is -2.31. The first-order valence-electron chi connectivity index (χ1n) is 10.5. The second kappa shape index (κ2) is 9.62. The van der Waals surface area contributed by atoms with Crippen LogP contribution in [-0.2, 0) is 6.42 Å². The smallest absolute Gasteiger partial charge is 0.126 e. The molecule has 0 spiro atoms. The zero-order chi connectivity index (χ0) is 21.8. The van der Waals surface area contributed by atoms with Crippen LogP contribution in [0, 0.1) is 5.82 Å². The molecule has 3 aromatic carbocycles. The van der Waals surface area contributed by atoms with E-state index in [1.165, 1.54) is 12.1 Å². The summed E-state index contributed by atoms with van der Waals surface area (Å²) in [5.41, 5.74) is 2.80. The van der Waals surface area contributed by atoms with Crippen LogP contribution in [0.15, 0.2) is 72.8 Å². The van der Waals surface area contributed by atoms with E-state index in [4.69, 9.17) is 17.4 Å². The first kappa shape index (κ1) is 21.5. The molecule has 1 saturated heterocycles. The van der Waals surface area contributed by atoms with Crippen molar-refractivity contribution < 1.29 is 14.2 Å². The molecule has 1 heterocycles. The number of phenolic OH excluding ortho intramolecular Hbond substituents is 1. The Morgan fingerprint density at radius 2 is 1.81 bits per heavy atom. The Morgan fingerprint density at radius 3 is 2.48 bits per heavy atom. The molecule has 3 unspecified atom stereocenters. The lowest BCUT2D eigenvalue weighted by Crippen LogP contribution is -2.31. The fraction of sp³-hybridized carbons (Fsp3) is 0.280. The third kappa shape index (κ3) is 4.81. The predicted octanol–water partition coefficient (Wildman–Crippen LogP) is 5.30. The third-order valence-corrected chi connectivity index (χ3v) is 6.21. The van der Waals surface area contributed by atoms with Gasteiger partial charge in [-0.3, -0.25) is 5.32 Å². The molecule has 0 aromatic heterocycles. The summed E-state index contributed by atoms with van der Waals surface area (Å²) in [7, 11) is 1.59. The van der Waals surface area contributed by atoms with E-state index in [2.05, 4.69) is 22.3 Å². The van der Waals surface area contributed by atoms with E-state index in [0.29, 0.717) is 5.75 Å². The average Bonchev–Trinajstić information content (AvgIpc) is 3.11. The number of nitrogens with zero attached hydrogens (tertiary/aromatic N) is 1. The highest BCUT2D eigenvalue weighted by molar-refractivity contribution is 7.81. The summed E-state index contributed by atoms with van der Waals surface area (Å²) in [6.07, 6.45) is 2.68. The first-order chi connectivity index (χ1) is 15.1. The van der Waals surface area contributed by atoms with Gasteiger partial charge in [-0.1, -0.05) is 30.3 Å². The molecule has 6 heteroatoms. The van der Waals surface area contributed by atoms with Crippen LogP contribution in [-0.4, -0.2) is 23.8 Å². The van der Waals surface area contributed by atoms with Crippen LogP contribution >= 0.6 is 12.6 Å². The Balaban J connectivity index is 1.59. The number of hydrogen-bond donors (Lipinski definition) is 3. The maximum atomic E-state index is 13.2. The number of thiol groups is 1. The molecular weight excluding hydrogens is 411 g/mol. The molecule has 4 nitrogen and oxygen atoms in total. The maximum Gasteiger partial charge on any atom is 0.126 e. The molecule has 3 atom stereocenters.